The number of carbonyl (C=O) groups is 1. The predicted octanol–water partition coefficient (Wildman–Crippen LogP) is 4.35. The molecule has 98 valence electrons. The van der Waals surface area contributed by atoms with E-state index in [1.54, 1.807) is 30.3 Å². The Morgan fingerprint density at radius 2 is 1.30 bits per heavy atom. The lowest BCUT2D eigenvalue weighted by atomic mass is 9.97. The lowest BCUT2D eigenvalue weighted by Gasteiger charge is -2.07. The lowest BCUT2D eigenvalue weighted by Crippen LogP contribution is -2.05. The third kappa shape index (κ3) is 1.97. The van der Waals surface area contributed by atoms with Crippen LogP contribution in [-0.2, 0) is 0 Å². The molecule has 0 heterocycles. The van der Waals surface area contributed by atoms with E-state index in [0.717, 1.165) is 0 Å². The van der Waals surface area contributed by atoms with Crippen molar-refractivity contribution >= 4 is 16.6 Å². The molecule has 0 saturated heterocycles. The third-order valence-electron chi connectivity index (χ3n) is 3.23. The van der Waals surface area contributed by atoms with Crippen molar-refractivity contribution < 1.29 is 13.6 Å². The lowest BCUT2D eigenvalue weighted by molar-refractivity contribution is 0.103. The Hall–Kier alpha value is -2.55. The minimum Gasteiger partial charge on any atom is -0.288 e. The van der Waals surface area contributed by atoms with Crippen molar-refractivity contribution in [3.05, 3.63) is 83.4 Å². The first-order chi connectivity index (χ1) is 9.68. The third-order valence-corrected chi connectivity index (χ3v) is 3.23. The van der Waals surface area contributed by atoms with Gasteiger partial charge in [-0.3, -0.25) is 4.79 Å². The molecule has 0 aromatic heterocycles. The van der Waals surface area contributed by atoms with Gasteiger partial charge in [-0.2, -0.15) is 0 Å². The van der Waals surface area contributed by atoms with Crippen LogP contribution < -0.4 is 0 Å². The number of hydrogen-bond donors (Lipinski definition) is 0. The molecule has 0 fully saturated rings. The van der Waals surface area contributed by atoms with E-state index in [1.165, 1.54) is 30.3 Å². The summed E-state index contributed by atoms with van der Waals surface area (Å²) in [4.78, 5) is 12.4. The van der Waals surface area contributed by atoms with Crippen LogP contribution in [0.15, 0.2) is 60.7 Å². The average molecular weight is 268 g/mol. The smallest absolute Gasteiger partial charge is 0.196 e. The van der Waals surface area contributed by atoms with Crippen LogP contribution in [0.5, 0.6) is 0 Å². The number of fused-ring (bicyclic) bond motifs is 1. The summed E-state index contributed by atoms with van der Waals surface area (Å²) in [5.74, 6) is -1.42. The van der Waals surface area contributed by atoms with E-state index < -0.39 is 17.4 Å². The second-order valence-corrected chi connectivity index (χ2v) is 4.45. The SMILES string of the molecule is O=C(c1ccccc1F)c1ccc(F)c2ccccc12. The zero-order valence-electron chi connectivity index (χ0n) is 10.4. The predicted molar refractivity (Wildman–Crippen MR) is 73.7 cm³/mol. The molecule has 3 rings (SSSR count). The molecule has 0 aliphatic heterocycles. The number of ketones is 1. The van der Waals surface area contributed by atoms with E-state index in [1.807, 2.05) is 0 Å². The number of rotatable bonds is 2. The van der Waals surface area contributed by atoms with E-state index in [9.17, 15) is 13.6 Å². The molecule has 0 bridgehead atoms. The van der Waals surface area contributed by atoms with E-state index in [0.29, 0.717) is 16.3 Å². The highest BCUT2D eigenvalue weighted by Gasteiger charge is 2.16. The van der Waals surface area contributed by atoms with E-state index in [4.69, 9.17) is 0 Å². The summed E-state index contributed by atoms with van der Waals surface area (Å²) in [5.41, 5.74) is 0.288. The van der Waals surface area contributed by atoms with Gasteiger partial charge < -0.3 is 0 Å². The first kappa shape index (κ1) is 12.5. The molecular formula is C17H10F2O. The second kappa shape index (κ2) is 4.85. The molecule has 0 atom stereocenters. The maximum atomic E-state index is 13.7. The van der Waals surface area contributed by atoms with Crippen molar-refractivity contribution in [2.24, 2.45) is 0 Å². The molecule has 0 amide bonds. The molecule has 0 spiro atoms. The minimum absolute atomic E-state index is 0.00994. The highest BCUT2D eigenvalue weighted by atomic mass is 19.1. The summed E-state index contributed by atoms with van der Waals surface area (Å²) in [5, 5.41) is 0.843. The molecule has 0 N–H and O–H groups in total. The van der Waals surface area contributed by atoms with Crippen LogP contribution in [0.2, 0.25) is 0 Å². The van der Waals surface area contributed by atoms with Crippen molar-refractivity contribution in [2.75, 3.05) is 0 Å². The van der Waals surface area contributed by atoms with Gasteiger partial charge in [-0.05, 0) is 29.7 Å². The van der Waals surface area contributed by atoms with Gasteiger partial charge in [-0.25, -0.2) is 8.78 Å². The van der Waals surface area contributed by atoms with Crippen molar-refractivity contribution in [3.8, 4) is 0 Å². The van der Waals surface area contributed by atoms with Gasteiger partial charge in [-0.15, -0.1) is 0 Å². The molecule has 3 aromatic carbocycles. The van der Waals surface area contributed by atoms with Gasteiger partial charge in [0.2, 0.25) is 0 Å². The fourth-order valence-corrected chi connectivity index (χ4v) is 2.25. The largest absolute Gasteiger partial charge is 0.288 e. The maximum absolute atomic E-state index is 13.7. The van der Waals surface area contributed by atoms with Gasteiger partial charge in [0.15, 0.2) is 5.78 Å². The molecule has 0 saturated carbocycles. The van der Waals surface area contributed by atoms with Gasteiger partial charge in [0.1, 0.15) is 11.6 Å². The van der Waals surface area contributed by atoms with Crippen LogP contribution in [0.1, 0.15) is 15.9 Å². The maximum Gasteiger partial charge on any atom is 0.196 e. The summed E-state index contributed by atoms with van der Waals surface area (Å²) >= 11 is 0. The zero-order valence-corrected chi connectivity index (χ0v) is 10.4. The fraction of sp³-hybridized carbons (Fsp3) is 0. The summed E-state index contributed by atoms with van der Waals surface area (Å²) in [6.45, 7) is 0. The number of halogens is 2. The molecule has 0 aliphatic carbocycles. The number of carbonyl (C=O) groups excluding carboxylic acids is 1. The van der Waals surface area contributed by atoms with Crippen molar-refractivity contribution in [1.29, 1.82) is 0 Å². The van der Waals surface area contributed by atoms with Gasteiger partial charge in [-0.1, -0.05) is 36.4 Å². The van der Waals surface area contributed by atoms with Crippen molar-refractivity contribution in [3.63, 3.8) is 0 Å². The monoisotopic (exact) mass is 268 g/mol. The van der Waals surface area contributed by atoms with Crippen molar-refractivity contribution in [2.45, 2.75) is 0 Å². The highest BCUT2D eigenvalue weighted by Crippen LogP contribution is 2.24. The quantitative estimate of drug-likeness (QED) is 0.631. The number of hydrogen-bond acceptors (Lipinski definition) is 1. The van der Waals surface area contributed by atoms with Crippen LogP contribution in [0, 0.1) is 11.6 Å². The Morgan fingerprint density at radius 3 is 2.05 bits per heavy atom. The standard InChI is InChI=1S/C17H10F2O/c18-15-8-4-3-7-14(15)17(20)13-9-10-16(19)12-6-2-1-5-11(12)13/h1-10H. The molecule has 20 heavy (non-hydrogen) atoms. The summed E-state index contributed by atoms with van der Waals surface area (Å²) in [7, 11) is 0. The van der Waals surface area contributed by atoms with Crippen LogP contribution in [0.4, 0.5) is 8.78 Å². The molecule has 3 aromatic rings. The van der Waals surface area contributed by atoms with Gasteiger partial charge in [0.05, 0.1) is 5.56 Å². The first-order valence-corrected chi connectivity index (χ1v) is 6.15. The Morgan fingerprint density at radius 1 is 0.650 bits per heavy atom. The Balaban J connectivity index is 2.23. The van der Waals surface area contributed by atoms with Crippen molar-refractivity contribution in [1.82, 2.24) is 0 Å². The van der Waals surface area contributed by atoms with Crippen LogP contribution in [-0.4, -0.2) is 5.78 Å². The van der Waals surface area contributed by atoms with Gasteiger partial charge >= 0.3 is 0 Å². The average Bonchev–Trinajstić information content (AvgIpc) is 2.48. The topological polar surface area (TPSA) is 17.1 Å². The van der Waals surface area contributed by atoms with E-state index in [2.05, 4.69) is 0 Å². The summed E-state index contributed by atoms with van der Waals surface area (Å²) < 4.78 is 27.4. The van der Waals surface area contributed by atoms with Gasteiger partial charge in [0.25, 0.3) is 0 Å². The van der Waals surface area contributed by atoms with Crippen LogP contribution in [0.3, 0.4) is 0 Å². The first-order valence-electron chi connectivity index (χ1n) is 6.15. The molecule has 0 unspecified atom stereocenters. The molecule has 3 heteroatoms. The normalized spacial score (nSPS) is 10.7. The van der Waals surface area contributed by atoms with Crippen LogP contribution >= 0.6 is 0 Å². The molecule has 0 radical (unpaired) electrons. The Bertz CT molecular complexity index is 809. The van der Waals surface area contributed by atoms with E-state index >= 15 is 0 Å². The summed E-state index contributed by atoms with van der Waals surface area (Å²) in [6.07, 6.45) is 0. The Labute approximate surface area is 114 Å². The highest BCUT2D eigenvalue weighted by molar-refractivity contribution is 6.16. The fourth-order valence-electron chi connectivity index (χ4n) is 2.25. The van der Waals surface area contributed by atoms with Crippen LogP contribution in [0.25, 0.3) is 10.8 Å². The number of benzene rings is 3. The second-order valence-electron chi connectivity index (χ2n) is 4.45. The molecule has 1 nitrogen and oxygen atoms in total. The molecular weight excluding hydrogens is 258 g/mol. The van der Waals surface area contributed by atoms with Gasteiger partial charge in [0, 0.05) is 10.9 Å². The zero-order chi connectivity index (χ0) is 14.1. The minimum atomic E-state index is -0.578. The summed E-state index contributed by atoms with van der Waals surface area (Å²) in [6, 6.07) is 15.1. The van der Waals surface area contributed by atoms with E-state index in [-0.39, 0.29) is 5.56 Å². The molecule has 0 aliphatic rings. The Kier molecular flexibility index (Phi) is 3.03.